The molecule has 3 heterocycles. The number of aromatic carboxylic acids is 1. The number of carboxylic acid groups (broad SMARTS) is 1. The van der Waals surface area contributed by atoms with Gasteiger partial charge in [0.25, 0.3) is 0 Å². The summed E-state index contributed by atoms with van der Waals surface area (Å²) >= 11 is 0. The van der Waals surface area contributed by atoms with Gasteiger partial charge < -0.3 is 19.7 Å². The first-order valence-electron chi connectivity index (χ1n) is 10.2. The largest absolute Gasteiger partial charge is 0.507 e. The van der Waals surface area contributed by atoms with Crippen molar-refractivity contribution in [2.24, 2.45) is 7.05 Å². The van der Waals surface area contributed by atoms with Crippen molar-refractivity contribution >= 4 is 54.1 Å². The molecule has 10 heteroatoms. The third kappa shape index (κ3) is 5.55. The topological polar surface area (TPSA) is 81.8 Å². The zero-order valence-electron chi connectivity index (χ0n) is 18.9. The molecule has 4 rings (SSSR count). The van der Waals surface area contributed by atoms with Crippen molar-refractivity contribution in [2.45, 2.75) is 25.9 Å². The molecule has 33 heavy (non-hydrogen) atoms. The fourth-order valence-corrected chi connectivity index (χ4v) is 4.50. The van der Waals surface area contributed by atoms with Crippen LogP contribution in [-0.2, 0) is 20.1 Å². The van der Waals surface area contributed by atoms with Crippen molar-refractivity contribution in [3.05, 3.63) is 47.4 Å². The average Bonchev–Trinajstić information content (AvgIpc) is 3.31. The lowest BCUT2D eigenvalue weighted by atomic mass is 9.96. The Balaban J connectivity index is 0.00000181. The second kappa shape index (κ2) is 11.9. The van der Waals surface area contributed by atoms with E-state index < -0.39 is 5.97 Å². The van der Waals surface area contributed by atoms with E-state index in [0.717, 1.165) is 42.7 Å². The van der Waals surface area contributed by atoms with Crippen LogP contribution < -0.4 is 0 Å². The number of likely N-dealkylation sites (tertiary alicyclic amines) is 1. The molecule has 1 saturated heterocycles. The summed E-state index contributed by atoms with van der Waals surface area (Å²) in [6.07, 6.45) is 5.65. The second-order valence-electron chi connectivity index (χ2n) is 8.29. The highest BCUT2D eigenvalue weighted by Gasteiger charge is 2.28. The number of carboxylic acids is 1. The molecule has 0 atom stereocenters. The summed E-state index contributed by atoms with van der Waals surface area (Å²) in [4.78, 5) is 20.7. The van der Waals surface area contributed by atoms with Crippen LogP contribution in [0.3, 0.4) is 0 Å². The number of rotatable bonds is 6. The van der Waals surface area contributed by atoms with E-state index in [1.165, 1.54) is 0 Å². The number of aryl methyl sites for hydroxylation is 1. The van der Waals surface area contributed by atoms with Gasteiger partial charge in [-0.05, 0) is 63.8 Å². The number of pyridine rings is 1. The van der Waals surface area contributed by atoms with Gasteiger partial charge in [0.2, 0.25) is 0 Å². The number of carbonyl (C=O) groups is 1. The zero-order valence-corrected chi connectivity index (χ0v) is 21.4. The number of hydrogen-bond acceptors (Lipinski definition) is 5. The Labute approximate surface area is 212 Å². The predicted molar refractivity (Wildman–Crippen MR) is 138 cm³/mol. The molecule has 3 aromatic rings. The molecule has 0 unspecified atom stereocenters. The van der Waals surface area contributed by atoms with E-state index in [4.69, 9.17) is 0 Å². The van der Waals surface area contributed by atoms with E-state index in [2.05, 4.69) is 9.88 Å². The van der Waals surface area contributed by atoms with Crippen LogP contribution in [0.15, 0.2) is 30.6 Å². The lowest BCUT2D eigenvalue weighted by Crippen LogP contribution is -2.19. The van der Waals surface area contributed by atoms with Crippen molar-refractivity contribution in [3.63, 3.8) is 0 Å². The average molecular weight is 518 g/mol. The first kappa shape index (κ1) is 29.0. The van der Waals surface area contributed by atoms with E-state index in [1.807, 2.05) is 48.8 Å². The number of aromatic hydroxyl groups is 1. The molecule has 1 aliphatic heterocycles. The number of phenolic OH excluding ortho intramolecular Hbond substituents is 1. The zero-order chi connectivity index (χ0) is 21.4. The molecule has 1 aromatic carbocycles. The predicted octanol–water partition coefficient (Wildman–Crippen LogP) is 4.57. The molecule has 0 bridgehead atoms. The fourth-order valence-electron chi connectivity index (χ4n) is 4.50. The monoisotopic (exact) mass is 516 g/mol. The fraction of sp³-hybridized carbons (Fsp3) is 0.391. The molecule has 0 aliphatic carbocycles. The summed E-state index contributed by atoms with van der Waals surface area (Å²) in [6, 6.07) is 5.63. The summed E-state index contributed by atoms with van der Waals surface area (Å²) in [7, 11) is 5.75. The van der Waals surface area contributed by atoms with Gasteiger partial charge in [0, 0.05) is 54.7 Å². The summed E-state index contributed by atoms with van der Waals surface area (Å²) in [6.45, 7) is 2.95. The van der Waals surface area contributed by atoms with Crippen molar-refractivity contribution in [3.8, 4) is 16.9 Å². The molecule has 1 aliphatic rings. The van der Waals surface area contributed by atoms with Gasteiger partial charge in [0.1, 0.15) is 5.75 Å². The Morgan fingerprint density at radius 2 is 1.73 bits per heavy atom. The molecular formula is C23H31Cl3N4O3. The van der Waals surface area contributed by atoms with Crippen LogP contribution in [0.1, 0.15) is 34.5 Å². The van der Waals surface area contributed by atoms with Crippen LogP contribution in [-0.4, -0.2) is 62.7 Å². The normalized spacial score (nSPS) is 13.5. The highest BCUT2D eigenvalue weighted by atomic mass is 35.5. The Bertz CT molecular complexity index is 1100. The summed E-state index contributed by atoms with van der Waals surface area (Å²) in [5.74, 6) is -0.804. The smallest absolute Gasteiger partial charge is 0.338 e. The maximum absolute atomic E-state index is 12.4. The summed E-state index contributed by atoms with van der Waals surface area (Å²) < 4.78 is 1.95. The van der Waals surface area contributed by atoms with Gasteiger partial charge in [-0.2, -0.15) is 0 Å². The minimum atomic E-state index is -0.962. The first-order valence-corrected chi connectivity index (χ1v) is 10.2. The maximum Gasteiger partial charge on any atom is 0.338 e. The van der Waals surface area contributed by atoms with E-state index in [1.54, 1.807) is 12.4 Å². The van der Waals surface area contributed by atoms with Crippen LogP contribution in [0, 0.1) is 0 Å². The van der Waals surface area contributed by atoms with Gasteiger partial charge >= 0.3 is 5.97 Å². The van der Waals surface area contributed by atoms with Gasteiger partial charge in [-0.1, -0.05) is 0 Å². The van der Waals surface area contributed by atoms with Crippen LogP contribution in [0.25, 0.3) is 22.0 Å². The number of fused-ring (bicyclic) bond motifs is 1. The lowest BCUT2D eigenvalue weighted by Gasteiger charge is -2.19. The molecular weight excluding hydrogens is 487 g/mol. The third-order valence-corrected chi connectivity index (χ3v) is 5.94. The minimum absolute atomic E-state index is 0. The molecule has 7 nitrogen and oxygen atoms in total. The van der Waals surface area contributed by atoms with Crippen LogP contribution in [0.5, 0.6) is 5.75 Å². The minimum Gasteiger partial charge on any atom is -0.507 e. The summed E-state index contributed by atoms with van der Waals surface area (Å²) in [5.41, 5.74) is 4.10. The Morgan fingerprint density at radius 3 is 2.27 bits per heavy atom. The van der Waals surface area contributed by atoms with Crippen molar-refractivity contribution < 1.29 is 15.0 Å². The molecule has 0 radical (unpaired) electrons. The molecule has 0 amide bonds. The number of aromatic nitrogens is 2. The molecule has 2 aromatic heterocycles. The number of phenols is 1. The van der Waals surface area contributed by atoms with E-state index in [9.17, 15) is 15.0 Å². The van der Waals surface area contributed by atoms with E-state index >= 15 is 0 Å². The van der Waals surface area contributed by atoms with Crippen LogP contribution in [0.4, 0.5) is 0 Å². The second-order valence-corrected chi connectivity index (χ2v) is 8.29. The third-order valence-electron chi connectivity index (χ3n) is 5.94. The highest BCUT2D eigenvalue weighted by Crippen LogP contribution is 2.42. The molecule has 0 spiro atoms. The van der Waals surface area contributed by atoms with Gasteiger partial charge in [-0.3, -0.25) is 9.88 Å². The van der Waals surface area contributed by atoms with Gasteiger partial charge in [0.05, 0.1) is 11.1 Å². The highest BCUT2D eigenvalue weighted by molar-refractivity contribution is 6.08. The Kier molecular flexibility index (Phi) is 10.5. The SMILES string of the molecule is CN(C)Cc1c(C(=O)O)c2c(CN3CCCC3)c(O)c(-c3ccncc3)cc2n1C.Cl.Cl.Cl. The number of halogens is 3. The van der Waals surface area contributed by atoms with Crippen molar-refractivity contribution in [2.75, 3.05) is 27.2 Å². The lowest BCUT2D eigenvalue weighted by molar-refractivity contribution is 0.0696. The molecule has 182 valence electrons. The van der Waals surface area contributed by atoms with Crippen molar-refractivity contribution in [1.82, 2.24) is 19.4 Å². The Morgan fingerprint density at radius 1 is 1.12 bits per heavy atom. The maximum atomic E-state index is 12.4. The summed E-state index contributed by atoms with van der Waals surface area (Å²) in [5, 5.41) is 22.1. The van der Waals surface area contributed by atoms with Crippen LogP contribution >= 0.6 is 37.2 Å². The van der Waals surface area contributed by atoms with Crippen molar-refractivity contribution in [1.29, 1.82) is 0 Å². The molecule has 2 N–H and O–H groups in total. The number of hydrogen-bond donors (Lipinski definition) is 2. The van der Waals surface area contributed by atoms with Crippen LogP contribution in [0.2, 0.25) is 0 Å². The van der Waals surface area contributed by atoms with E-state index in [-0.39, 0.29) is 48.5 Å². The first-order chi connectivity index (χ1) is 14.4. The van der Waals surface area contributed by atoms with E-state index in [0.29, 0.717) is 29.6 Å². The quantitative estimate of drug-likeness (QED) is 0.499. The molecule has 0 saturated carbocycles. The molecule has 1 fully saturated rings. The van der Waals surface area contributed by atoms with Gasteiger partial charge in [-0.15, -0.1) is 37.2 Å². The number of nitrogens with zero attached hydrogens (tertiary/aromatic N) is 4. The Hall–Kier alpha value is -2.03. The number of benzene rings is 1. The standard InChI is InChI=1S/C23H28N4O3.3ClH/c1-25(2)14-19-21(23(29)30)20-17(13-27-10-4-5-11-27)22(28)16(12-18(20)26(19)3)15-6-8-24-9-7-15;;;/h6-9,12,28H,4-5,10-11,13-14H2,1-3H3,(H,29,30);3*1H. The van der Waals surface area contributed by atoms with Gasteiger partial charge in [0.15, 0.2) is 0 Å². The van der Waals surface area contributed by atoms with Gasteiger partial charge in [-0.25, -0.2) is 4.79 Å².